The van der Waals surface area contributed by atoms with Gasteiger partial charge in [-0.05, 0) is 24.5 Å². The Morgan fingerprint density at radius 2 is 2.11 bits per heavy atom. The topological polar surface area (TPSA) is 64.3 Å². The molecule has 19 heavy (non-hydrogen) atoms. The van der Waals surface area contributed by atoms with Crippen LogP contribution in [0, 0.1) is 11.2 Å². The van der Waals surface area contributed by atoms with Gasteiger partial charge in [0.15, 0.2) is 11.6 Å². The largest absolute Gasteiger partial charge is 0.491 e. The SMILES string of the molecule is CCOc1ccc(NC(=O)C(N)C(C)(C)C)cc1F. The van der Waals surface area contributed by atoms with Gasteiger partial charge in [0, 0.05) is 11.8 Å². The first kappa shape index (κ1) is 15.4. The fourth-order valence-corrected chi connectivity index (χ4v) is 1.46. The van der Waals surface area contributed by atoms with Crippen molar-refractivity contribution in [3.63, 3.8) is 0 Å². The van der Waals surface area contributed by atoms with E-state index in [1.54, 1.807) is 13.0 Å². The first-order chi connectivity index (χ1) is 8.75. The first-order valence-electron chi connectivity index (χ1n) is 6.24. The summed E-state index contributed by atoms with van der Waals surface area (Å²) in [6.45, 7) is 7.77. The number of rotatable bonds is 4. The molecule has 1 amide bonds. The Morgan fingerprint density at radius 3 is 2.58 bits per heavy atom. The molecule has 0 bridgehead atoms. The zero-order valence-electron chi connectivity index (χ0n) is 11.8. The Labute approximate surface area is 113 Å². The van der Waals surface area contributed by atoms with Gasteiger partial charge in [0.05, 0.1) is 12.6 Å². The van der Waals surface area contributed by atoms with Crippen molar-refractivity contribution in [3.05, 3.63) is 24.0 Å². The van der Waals surface area contributed by atoms with E-state index in [2.05, 4.69) is 5.32 Å². The molecule has 0 spiro atoms. The van der Waals surface area contributed by atoms with Gasteiger partial charge >= 0.3 is 0 Å². The number of hydrogen-bond donors (Lipinski definition) is 2. The maximum Gasteiger partial charge on any atom is 0.241 e. The maximum atomic E-state index is 13.6. The highest BCUT2D eigenvalue weighted by molar-refractivity contribution is 5.95. The van der Waals surface area contributed by atoms with E-state index in [-0.39, 0.29) is 17.1 Å². The summed E-state index contributed by atoms with van der Waals surface area (Å²) in [6, 6.07) is 3.62. The Balaban J connectivity index is 2.78. The molecule has 1 unspecified atom stereocenters. The van der Waals surface area contributed by atoms with Gasteiger partial charge < -0.3 is 15.8 Å². The van der Waals surface area contributed by atoms with Gasteiger partial charge in [-0.3, -0.25) is 4.79 Å². The second-order valence-corrected chi connectivity index (χ2v) is 5.41. The molecular weight excluding hydrogens is 247 g/mol. The minimum Gasteiger partial charge on any atom is -0.491 e. The molecule has 5 heteroatoms. The number of ether oxygens (including phenoxy) is 1. The summed E-state index contributed by atoms with van der Waals surface area (Å²) in [5, 5.41) is 2.60. The quantitative estimate of drug-likeness (QED) is 0.882. The van der Waals surface area contributed by atoms with Gasteiger partial charge in [0.1, 0.15) is 0 Å². The molecule has 3 N–H and O–H groups in total. The van der Waals surface area contributed by atoms with Crippen LogP contribution < -0.4 is 15.8 Å². The van der Waals surface area contributed by atoms with Gasteiger partial charge in [-0.25, -0.2) is 4.39 Å². The third-order valence-corrected chi connectivity index (χ3v) is 2.71. The molecule has 0 heterocycles. The van der Waals surface area contributed by atoms with Crippen LogP contribution in [0.25, 0.3) is 0 Å². The van der Waals surface area contributed by atoms with Crippen LogP contribution in [0.2, 0.25) is 0 Å². The minimum atomic E-state index is -0.665. The van der Waals surface area contributed by atoms with E-state index in [1.165, 1.54) is 12.1 Å². The number of amides is 1. The number of carbonyl (C=O) groups excluding carboxylic acids is 1. The molecule has 0 saturated heterocycles. The zero-order chi connectivity index (χ0) is 14.6. The van der Waals surface area contributed by atoms with E-state index in [0.717, 1.165) is 0 Å². The fraction of sp³-hybridized carbons (Fsp3) is 0.500. The highest BCUT2D eigenvalue weighted by Gasteiger charge is 2.27. The Hall–Kier alpha value is -1.62. The van der Waals surface area contributed by atoms with Crippen molar-refractivity contribution in [2.24, 2.45) is 11.1 Å². The molecule has 0 aliphatic carbocycles. The molecule has 0 radical (unpaired) electrons. The van der Waals surface area contributed by atoms with E-state index >= 15 is 0 Å². The minimum absolute atomic E-state index is 0.167. The van der Waals surface area contributed by atoms with E-state index < -0.39 is 11.9 Å². The van der Waals surface area contributed by atoms with E-state index in [0.29, 0.717) is 12.3 Å². The number of halogens is 1. The molecule has 1 rings (SSSR count). The van der Waals surface area contributed by atoms with Crippen LogP contribution in [0.5, 0.6) is 5.75 Å². The van der Waals surface area contributed by atoms with Crippen LogP contribution in [0.15, 0.2) is 18.2 Å². The number of nitrogens with two attached hydrogens (primary N) is 1. The summed E-state index contributed by atoms with van der Waals surface area (Å²) in [7, 11) is 0. The van der Waals surface area contributed by atoms with Crippen LogP contribution in [-0.4, -0.2) is 18.6 Å². The Morgan fingerprint density at radius 1 is 1.47 bits per heavy atom. The molecule has 0 fully saturated rings. The molecule has 0 aliphatic heterocycles. The summed E-state index contributed by atoms with van der Waals surface area (Å²) >= 11 is 0. The van der Waals surface area contributed by atoms with Crippen molar-refractivity contribution < 1.29 is 13.9 Å². The van der Waals surface area contributed by atoms with Crippen molar-refractivity contribution in [2.45, 2.75) is 33.7 Å². The smallest absolute Gasteiger partial charge is 0.241 e. The van der Waals surface area contributed by atoms with E-state index in [1.807, 2.05) is 20.8 Å². The lowest BCUT2D eigenvalue weighted by Crippen LogP contribution is -2.45. The van der Waals surface area contributed by atoms with Crippen LogP contribution in [0.3, 0.4) is 0 Å². The molecule has 1 aromatic carbocycles. The summed E-state index contributed by atoms with van der Waals surface area (Å²) in [5.41, 5.74) is 5.84. The molecule has 1 aromatic rings. The number of nitrogens with one attached hydrogen (secondary N) is 1. The number of carbonyl (C=O) groups is 1. The van der Waals surface area contributed by atoms with Crippen LogP contribution >= 0.6 is 0 Å². The Kier molecular flexibility index (Phi) is 4.89. The second-order valence-electron chi connectivity index (χ2n) is 5.41. The van der Waals surface area contributed by atoms with Crippen molar-refractivity contribution in [1.82, 2.24) is 0 Å². The molecular formula is C14H21FN2O2. The van der Waals surface area contributed by atoms with E-state index in [4.69, 9.17) is 10.5 Å². The normalized spacial score (nSPS) is 12.9. The summed E-state index contributed by atoms with van der Waals surface area (Å²) in [6.07, 6.45) is 0. The third kappa shape index (κ3) is 4.21. The van der Waals surface area contributed by atoms with Crippen LogP contribution in [0.4, 0.5) is 10.1 Å². The summed E-state index contributed by atoms with van der Waals surface area (Å²) < 4.78 is 18.7. The monoisotopic (exact) mass is 268 g/mol. The standard InChI is InChI=1S/C14H21FN2O2/c1-5-19-11-7-6-9(8-10(11)15)17-13(18)12(16)14(2,3)4/h6-8,12H,5,16H2,1-4H3,(H,17,18). The van der Waals surface area contributed by atoms with E-state index in [9.17, 15) is 9.18 Å². The Bertz CT molecular complexity index is 455. The molecule has 106 valence electrons. The number of hydrogen-bond acceptors (Lipinski definition) is 3. The fourth-order valence-electron chi connectivity index (χ4n) is 1.46. The van der Waals surface area contributed by atoms with Gasteiger partial charge in [-0.2, -0.15) is 0 Å². The van der Waals surface area contributed by atoms with Gasteiger partial charge in [-0.1, -0.05) is 20.8 Å². The second kappa shape index (κ2) is 6.02. The lowest BCUT2D eigenvalue weighted by molar-refractivity contribution is -0.119. The predicted octanol–water partition coefficient (Wildman–Crippen LogP) is 2.54. The molecule has 0 saturated carbocycles. The molecule has 1 atom stereocenters. The number of anilines is 1. The first-order valence-corrected chi connectivity index (χ1v) is 6.24. The zero-order valence-corrected chi connectivity index (χ0v) is 11.8. The molecule has 4 nitrogen and oxygen atoms in total. The maximum absolute atomic E-state index is 13.6. The van der Waals surface area contributed by atoms with Crippen LogP contribution in [0.1, 0.15) is 27.7 Å². The van der Waals surface area contributed by atoms with Gasteiger partial charge in [-0.15, -0.1) is 0 Å². The van der Waals surface area contributed by atoms with Gasteiger partial charge in [0.25, 0.3) is 0 Å². The lowest BCUT2D eigenvalue weighted by atomic mass is 9.87. The predicted molar refractivity (Wildman–Crippen MR) is 73.6 cm³/mol. The van der Waals surface area contributed by atoms with Crippen molar-refractivity contribution in [3.8, 4) is 5.75 Å². The average molecular weight is 268 g/mol. The number of benzene rings is 1. The van der Waals surface area contributed by atoms with Crippen molar-refractivity contribution in [2.75, 3.05) is 11.9 Å². The van der Waals surface area contributed by atoms with Gasteiger partial charge in [0.2, 0.25) is 5.91 Å². The molecule has 0 aromatic heterocycles. The summed E-state index contributed by atoms with van der Waals surface area (Å²) in [5.74, 6) is -0.680. The highest BCUT2D eigenvalue weighted by atomic mass is 19.1. The highest BCUT2D eigenvalue weighted by Crippen LogP contribution is 2.23. The molecule has 0 aliphatic rings. The lowest BCUT2D eigenvalue weighted by Gasteiger charge is -2.25. The van der Waals surface area contributed by atoms with Crippen molar-refractivity contribution >= 4 is 11.6 Å². The third-order valence-electron chi connectivity index (χ3n) is 2.71. The van der Waals surface area contributed by atoms with Crippen molar-refractivity contribution in [1.29, 1.82) is 0 Å². The van der Waals surface area contributed by atoms with Crippen LogP contribution in [-0.2, 0) is 4.79 Å². The average Bonchev–Trinajstić information content (AvgIpc) is 2.30. The summed E-state index contributed by atoms with van der Waals surface area (Å²) in [4.78, 5) is 11.9.